The lowest BCUT2D eigenvalue weighted by atomic mass is 9.87. The van der Waals surface area contributed by atoms with Crippen LogP contribution in [0.15, 0.2) is 24.3 Å². The molecule has 110 valence electrons. The van der Waals surface area contributed by atoms with Gasteiger partial charge in [-0.3, -0.25) is 9.59 Å². The van der Waals surface area contributed by atoms with E-state index in [0.29, 0.717) is 5.56 Å². The van der Waals surface area contributed by atoms with Gasteiger partial charge in [0.1, 0.15) is 0 Å². The van der Waals surface area contributed by atoms with Crippen LogP contribution in [0.25, 0.3) is 0 Å². The summed E-state index contributed by atoms with van der Waals surface area (Å²) in [5.74, 6) is -0.413. The monoisotopic (exact) mass is 276 g/mol. The van der Waals surface area contributed by atoms with Gasteiger partial charge >= 0.3 is 0 Å². The molecule has 0 aliphatic carbocycles. The predicted molar refractivity (Wildman–Crippen MR) is 80.8 cm³/mol. The normalized spacial score (nSPS) is 11.3. The first-order valence-corrected chi connectivity index (χ1v) is 6.88. The minimum absolute atomic E-state index is 0.00195. The number of hydrogen-bond acceptors (Lipinski definition) is 2. The summed E-state index contributed by atoms with van der Waals surface area (Å²) in [6.07, 6.45) is 0. The van der Waals surface area contributed by atoms with Gasteiger partial charge in [0.15, 0.2) is 0 Å². The molecule has 0 aliphatic rings. The molecular weight excluding hydrogens is 252 g/mol. The van der Waals surface area contributed by atoms with Crippen LogP contribution in [0.1, 0.15) is 50.5 Å². The molecular formula is C16H24N2O2. The molecule has 0 unspecified atom stereocenters. The number of nitrogens with one attached hydrogen (secondary N) is 2. The largest absolute Gasteiger partial charge is 0.352 e. The van der Waals surface area contributed by atoms with Crippen LogP contribution in [0.3, 0.4) is 0 Å². The number of benzene rings is 1. The zero-order valence-electron chi connectivity index (χ0n) is 12.9. The summed E-state index contributed by atoms with van der Waals surface area (Å²) in [7, 11) is 0. The summed E-state index contributed by atoms with van der Waals surface area (Å²) in [5.41, 5.74) is 1.80. The molecule has 0 aliphatic heterocycles. The maximum absolute atomic E-state index is 11.9. The lowest BCUT2D eigenvalue weighted by Gasteiger charge is -2.19. The Balaban J connectivity index is 2.58. The van der Waals surface area contributed by atoms with Gasteiger partial charge in [0.2, 0.25) is 5.91 Å². The summed E-state index contributed by atoms with van der Waals surface area (Å²) in [5, 5.41) is 5.34. The van der Waals surface area contributed by atoms with Gasteiger partial charge in [-0.2, -0.15) is 0 Å². The first-order valence-electron chi connectivity index (χ1n) is 6.88. The number of rotatable bonds is 4. The van der Waals surface area contributed by atoms with Crippen molar-refractivity contribution in [3.63, 3.8) is 0 Å². The van der Waals surface area contributed by atoms with Crippen molar-refractivity contribution in [2.45, 2.75) is 46.1 Å². The first kappa shape index (κ1) is 16.2. The molecule has 0 bridgehead atoms. The van der Waals surface area contributed by atoms with Gasteiger partial charge in [0.25, 0.3) is 5.91 Å². The minimum Gasteiger partial charge on any atom is -0.352 e. The molecule has 2 N–H and O–H groups in total. The van der Waals surface area contributed by atoms with Gasteiger partial charge in [-0.1, -0.05) is 32.9 Å². The van der Waals surface area contributed by atoms with E-state index in [1.54, 1.807) is 12.1 Å². The number of carbonyl (C=O) groups excluding carboxylic acids is 2. The third kappa shape index (κ3) is 5.03. The van der Waals surface area contributed by atoms with E-state index in [2.05, 4.69) is 31.4 Å². The average molecular weight is 276 g/mol. The Morgan fingerprint density at radius 2 is 1.65 bits per heavy atom. The van der Waals surface area contributed by atoms with E-state index in [1.165, 1.54) is 5.56 Å². The molecule has 0 saturated carbocycles. The fourth-order valence-electron chi connectivity index (χ4n) is 1.76. The van der Waals surface area contributed by atoms with E-state index in [1.807, 2.05) is 26.0 Å². The second-order valence-corrected chi connectivity index (χ2v) is 6.23. The molecule has 0 aromatic heterocycles. The van der Waals surface area contributed by atoms with Crippen LogP contribution in [-0.2, 0) is 10.2 Å². The summed E-state index contributed by atoms with van der Waals surface area (Å²) < 4.78 is 0. The summed E-state index contributed by atoms with van der Waals surface area (Å²) in [4.78, 5) is 23.4. The minimum atomic E-state index is -0.232. The molecule has 0 heterocycles. The summed E-state index contributed by atoms with van der Waals surface area (Å²) >= 11 is 0. The Hall–Kier alpha value is -1.84. The molecule has 1 aromatic rings. The summed E-state index contributed by atoms with van der Waals surface area (Å²) in [6.45, 7) is 10.1. The van der Waals surface area contributed by atoms with Gasteiger partial charge in [0.05, 0.1) is 6.54 Å². The van der Waals surface area contributed by atoms with Crippen LogP contribution in [-0.4, -0.2) is 24.4 Å². The zero-order chi connectivity index (χ0) is 15.3. The molecule has 1 rings (SSSR count). The van der Waals surface area contributed by atoms with Crippen molar-refractivity contribution < 1.29 is 9.59 Å². The standard InChI is InChI=1S/C16H24N2O2/c1-11(2)18-14(19)10-17-15(20)12-6-8-13(9-7-12)16(3,4)5/h6-9,11H,10H2,1-5H3,(H,17,20)(H,18,19). The Labute approximate surface area is 121 Å². The number of carbonyl (C=O) groups is 2. The maximum Gasteiger partial charge on any atom is 0.251 e. The maximum atomic E-state index is 11.9. The Kier molecular flexibility index (Phi) is 5.31. The molecule has 1 aromatic carbocycles. The molecule has 0 saturated heterocycles. The molecule has 20 heavy (non-hydrogen) atoms. The first-order chi connectivity index (χ1) is 9.20. The highest BCUT2D eigenvalue weighted by Crippen LogP contribution is 2.22. The van der Waals surface area contributed by atoms with E-state index >= 15 is 0 Å². The van der Waals surface area contributed by atoms with Crippen molar-refractivity contribution in [3.8, 4) is 0 Å². The Morgan fingerprint density at radius 1 is 1.10 bits per heavy atom. The van der Waals surface area contributed by atoms with E-state index in [9.17, 15) is 9.59 Å². The number of amides is 2. The zero-order valence-corrected chi connectivity index (χ0v) is 12.9. The predicted octanol–water partition coefficient (Wildman–Crippen LogP) is 2.24. The van der Waals surface area contributed by atoms with Gasteiger partial charge in [-0.15, -0.1) is 0 Å². The van der Waals surface area contributed by atoms with Crippen LogP contribution >= 0.6 is 0 Å². The van der Waals surface area contributed by atoms with Crippen molar-refractivity contribution in [1.82, 2.24) is 10.6 Å². The van der Waals surface area contributed by atoms with E-state index in [0.717, 1.165) is 0 Å². The van der Waals surface area contributed by atoms with Crippen molar-refractivity contribution in [1.29, 1.82) is 0 Å². The van der Waals surface area contributed by atoms with Crippen LogP contribution < -0.4 is 10.6 Å². The van der Waals surface area contributed by atoms with E-state index in [-0.39, 0.29) is 29.8 Å². The molecule has 0 atom stereocenters. The van der Waals surface area contributed by atoms with Gasteiger partial charge < -0.3 is 10.6 Å². The van der Waals surface area contributed by atoms with Crippen LogP contribution in [0, 0.1) is 0 Å². The second-order valence-electron chi connectivity index (χ2n) is 6.23. The fourth-order valence-corrected chi connectivity index (χ4v) is 1.76. The summed E-state index contributed by atoms with van der Waals surface area (Å²) in [6, 6.07) is 7.55. The Bertz CT molecular complexity index is 470. The highest BCUT2D eigenvalue weighted by molar-refractivity contribution is 5.96. The molecule has 2 amide bonds. The topological polar surface area (TPSA) is 58.2 Å². The molecule has 4 heteroatoms. The van der Waals surface area contributed by atoms with Gasteiger partial charge in [-0.25, -0.2) is 0 Å². The van der Waals surface area contributed by atoms with E-state index in [4.69, 9.17) is 0 Å². The third-order valence-electron chi connectivity index (χ3n) is 2.87. The Morgan fingerprint density at radius 3 is 2.10 bits per heavy atom. The van der Waals surface area contributed by atoms with Crippen LogP contribution in [0.4, 0.5) is 0 Å². The average Bonchev–Trinajstić information content (AvgIpc) is 2.34. The molecule has 0 radical (unpaired) electrons. The molecule has 0 spiro atoms. The van der Waals surface area contributed by atoms with Crippen molar-refractivity contribution in [2.75, 3.05) is 6.54 Å². The lowest BCUT2D eigenvalue weighted by molar-refractivity contribution is -0.120. The molecule has 0 fully saturated rings. The number of hydrogen-bond donors (Lipinski definition) is 2. The highest BCUT2D eigenvalue weighted by Gasteiger charge is 2.14. The quantitative estimate of drug-likeness (QED) is 0.886. The van der Waals surface area contributed by atoms with E-state index < -0.39 is 0 Å². The second kappa shape index (κ2) is 6.55. The van der Waals surface area contributed by atoms with Crippen molar-refractivity contribution in [3.05, 3.63) is 35.4 Å². The van der Waals surface area contributed by atoms with Crippen molar-refractivity contribution >= 4 is 11.8 Å². The van der Waals surface area contributed by atoms with Crippen LogP contribution in [0.5, 0.6) is 0 Å². The fraction of sp³-hybridized carbons (Fsp3) is 0.500. The van der Waals surface area contributed by atoms with Crippen LogP contribution in [0.2, 0.25) is 0 Å². The van der Waals surface area contributed by atoms with Gasteiger partial charge in [0, 0.05) is 11.6 Å². The smallest absolute Gasteiger partial charge is 0.251 e. The molecule has 4 nitrogen and oxygen atoms in total. The SMILES string of the molecule is CC(C)NC(=O)CNC(=O)c1ccc(C(C)(C)C)cc1. The highest BCUT2D eigenvalue weighted by atomic mass is 16.2. The lowest BCUT2D eigenvalue weighted by Crippen LogP contribution is -2.39. The third-order valence-corrected chi connectivity index (χ3v) is 2.87. The van der Waals surface area contributed by atoms with Gasteiger partial charge in [-0.05, 0) is 37.0 Å². The van der Waals surface area contributed by atoms with Crippen molar-refractivity contribution in [2.24, 2.45) is 0 Å².